The van der Waals surface area contributed by atoms with Crippen LogP contribution in [0, 0.1) is 0 Å². The molecule has 0 aromatic heterocycles. The highest BCUT2D eigenvalue weighted by molar-refractivity contribution is 5.18. The van der Waals surface area contributed by atoms with E-state index in [4.69, 9.17) is 0 Å². The fraction of sp³-hybridized carbons (Fsp3) is 0.333. The highest BCUT2D eigenvalue weighted by Crippen LogP contribution is 2.27. The minimum atomic E-state index is 0.140. The molecule has 1 aromatic rings. The van der Waals surface area contributed by atoms with E-state index in [1.165, 1.54) is 5.56 Å². The molecule has 0 spiro atoms. The number of hydrogen-bond acceptors (Lipinski definition) is 4. The predicted molar refractivity (Wildman–Crippen MR) is 49.6 cm³/mol. The smallest absolute Gasteiger partial charge is 0.162 e. The van der Waals surface area contributed by atoms with E-state index in [0.29, 0.717) is 0 Å². The Morgan fingerprint density at radius 2 is 1.54 bits per heavy atom. The third-order valence-electron chi connectivity index (χ3n) is 2.13. The lowest BCUT2D eigenvalue weighted by Crippen LogP contribution is -2.24. The Morgan fingerprint density at radius 3 is 2.08 bits per heavy atom. The molecule has 0 fully saturated rings. The molecule has 0 aliphatic carbocycles. The summed E-state index contributed by atoms with van der Waals surface area (Å²) in [6.45, 7) is 0. The summed E-state index contributed by atoms with van der Waals surface area (Å²) in [5.41, 5.74) is 1.21. The van der Waals surface area contributed by atoms with Crippen LogP contribution in [0.15, 0.2) is 40.8 Å². The average molecular weight is 176 g/mol. The van der Waals surface area contributed by atoms with Crippen molar-refractivity contribution in [1.29, 1.82) is 0 Å². The first kappa shape index (κ1) is 8.04. The molecule has 0 bridgehead atoms. The minimum Gasteiger partial charge on any atom is -0.252 e. The van der Waals surface area contributed by atoms with Crippen molar-refractivity contribution in [3.63, 3.8) is 0 Å². The van der Waals surface area contributed by atoms with Crippen molar-refractivity contribution in [2.75, 3.05) is 14.1 Å². The van der Waals surface area contributed by atoms with Gasteiger partial charge in [0.2, 0.25) is 0 Å². The Balaban J connectivity index is 2.27. The van der Waals surface area contributed by atoms with E-state index in [2.05, 4.69) is 22.6 Å². The Hall–Kier alpha value is -1.58. The summed E-state index contributed by atoms with van der Waals surface area (Å²) in [6.07, 6.45) is 0.140. The molecule has 13 heavy (non-hydrogen) atoms. The second kappa shape index (κ2) is 3.05. The molecule has 4 heteroatoms. The Kier molecular flexibility index (Phi) is 1.88. The van der Waals surface area contributed by atoms with Crippen LogP contribution >= 0.6 is 0 Å². The molecule has 0 atom stereocenters. The van der Waals surface area contributed by atoms with Crippen molar-refractivity contribution in [2.24, 2.45) is 10.4 Å². The van der Waals surface area contributed by atoms with Gasteiger partial charge in [0.05, 0.1) is 0 Å². The van der Waals surface area contributed by atoms with Crippen LogP contribution in [0.3, 0.4) is 0 Å². The van der Waals surface area contributed by atoms with Gasteiger partial charge in [0, 0.05) is 14.1 Å². The van der Waals surface area contributed by atoms with Crippen molar-refractivity contribution in [3.05, 3.63) is 35.9 Å². The van der Waals surface area contributed by atoms with E-state index < -0.39 is 0 Å². The summed E-state index contributed by atoms with van der Waals surface area (Å²) in [6, 6.07) is 10.2. The van der Waals surface area contributed by atoms with Crippen LogP contribution < -0.4 is 0 Å². The zero-order chi connectivity index (χ0) is 9.26. The third kappa shape index (κ3) is 1.35. The van der Waals surface area contributed by atoms with Crippen LogP contribution in [0.4, 0.5) is 0 Å². The lowest BCUT2D eigenvalue weighted by Gasteiger charge is -2.22. The molecule has 0 amide bonds. The van der Waals surface area contributed by atoms with Gasteiger partial charge in [0.1, 0.15) is 0 Å². The Labute approximate surface area is 77.4 Å². The van der Waals surface area contributed by atoms with Gasteiger partial charge in [-0.05, 0) is 5.56 Å². The SMILES string of the molecule is CN1N=NN(C)C1c1ccccc1. The first-order valence-electron chi connectivity index (χ1n) is 4.21. The molecule has 1 aromatic carbocycles. The molecular weight excluding hydrogens is 164 g/mol. The molecule has 0 saturated heterocycles. The molecule has 4 nitrogen and oxygen atoms in total. The van der Waals surface area contributed by atoms with Gasteiger partial charge in [-0.25, -0.2) is 0 Å². The molecule has 0 unspecified atom stereocenters. The highest BCUT2D eigenvalue weighted by Gasteiger charge is 2.24. The number of hydrogen-bond donors (Lipinski definition) is 0. The fourth-order valence-corrected chi connectivity index (χ4v) is 1.52. The topological polar surface area (TPSA) is 31.2 Å². The molecule has 1 aliphatic rings. The quantitative estimate of drug-likeness (QED) is 0.653. The normalized spacial score (nSPS) is 17.1. The maximum atomic E-state index is 3.96. The second-order valence-corrected chi connectivity index (χ2v) is 3.11. The average Bonchev–Trinajstić information content (AvgIpc) is 2.48. The molecule has 0 N–H and O–H groups in total. The van der Waals surface area contributed by atoms with Gasteiger partial charge in [-0.1, -0.05) is 40.8 Å². The van der Waals surface area contributed by atoms with Crippen molar-refractivity contribution in [2.45, 2.75) is 6.17 Å². The third-order valence-corrected chi connectivity index (χ3v) is 2.13. The van der Waals surface area contributed by atoms with Gasteiger partial charge < -0.3 is 0 Å². The number of benzene rings is 1. The predicted octanol–water partition coefficient (Wildman–Crippen LogP) is 1.84. The molecule has 1 heterocycles. The van der Waals surface area contributed by atoms with Gasteiger partial charge >= 0.3 is 0 Å². The van der Waals surface area contributed by atoms with E-state index in [1.54, 1.807) is 0 Å². The van der Waals surface area contributed by atoms with Gasteiger partial charge in [-0.2, -0.15) is 0 Å². The summed E-state index contributed by atoms with van der Waals surface area (Å²) in [5, 5.41) is 11.6. The maximum absolute atomic E-state index is 3.96. The van der Waals surface area contributed by atoms with Crippen molar-refractivity contribution in [3.8, 4) is 0 Å². The Bertz CT molecular complexity index is 297. The zero-order valence-electron chi connectivity index (χ0n) is 7.75. The van der Waals surface area contributed by atoms with Gasteiger partial charge in [0.25, 0.3) is 0 Å². The molecule has 1 aliphatic heterocycles. The van der Waals surface area contributed by atoms with Crippen LogP contribution in [0.2, 0.25) is 0 Å². The number of rotatable bonds is 1. The lowest BCUT2D eigenvalue weighted by molar-refractivity contribution is 0.158. The first-order valence-corrected chi connectivity index (χ1v) is 4.21. The van der Waals surface area contributed by atoms with Crippen LogP contribution in [-0.2, 0) is 0 Å². The van der Waals surface area contributed by atoms with Gasteiger partial charge in [0.15, 0.2) is 6.17 Å². The zero-order valence-corrected chi connectivity index (χ0v) is 7.75. The largest absolute Gasteiger partial charge is 0.252 e. The highest BCUT2D eigenvalue weighted by atomic mass is 15.8. The second-order valence-electron chi connectivity index (χ2n) is 3.11. The maximum Gasteiger partial charge on any atom is 0.162 e. The van der Waals surface area contributed by atoms with E-state index >= 15 is 0 Å². The molecule has 0 radical (unpaired) electrons. The van der Waals surface area contributed by atoms with E-state index in [0.717, 1.165) is 0 Å². The van der Waals surface area contributed by atoms with Crippen LogP contribution in [0.5, 0.6) is 0 Å². The Morgan fingerprint density at radius 1 is 1.00 bits per heavy atom. The standard InChI is InChI=1S/C9H12N4/c1-12-9(13(2)11-10-12)8-6-4-3-5-7-8/h3-7,9H,1-2H3. The van der Waals surface area contributed by atoms with Crippen LogP contribution in [-0.4, -0.2) is 24.1 Å². The van der Waals surface area contributed by atoms with E-state index in [1.807, 2.05) is 42.3 Å². The molecule has 2 rings (SSSR count). The summed E-state index contributed by atoms with van der Waals surface area (Å²) in [4.78, 5) is 0. The van der Waals surface area contributed by atoms with Crippen LogP contribution in [0.25, 0.3) is 0 Å². The van der Waals surface area contributed by atoms with Crippen molar-refractivity contribution in [1.82, 2.24) is 10.0 Å². The fourth-order valence-electron chi connectivity index (χ4n) is 1.52. The summed E-state index contributed by atoms with van der Waals surface area (Å²) >= 11 is 0. The van der Waals surface area contributed by atoms with Crippen molar-refractivity contribution >= 4 is 0 Å². The molecule has 0 saturated carbocycles. The van der Waals surface area contributed by atoms with Gasteiger partial charge in [-0.15, -0.1) is 0 Å². The lowest BCUT2D eigenvalue weighted by atomic mass is 10.1. The minimum absolute atomic E-state index is 0.140. The monoisotopic (exact) mass is 176 g/mol. The number of nitrogens with zero attached hydrogens (tertiary/aromatic N) is 4. The van der Waals surface area contributed by atoms with Gasteiger partial charge in [-0.3, -0.25) is 10.0 Å². The van der Waals surface area contributed by atoms with E-state index in [-0.39, 0.29) is 6.17 Å². The van der Waals surface area contributed by atoms with E-state index in [9.17, 15) is 0 Å². The summed E-state index contributed by atoms with van der Waals surface area (Å²) in [5.74, 6) is 0. The molecular formula is C9H12N4. The summed E-state index contributed by atoms with van der Waals surface area (Å²) in [7, 11) is 3.84. The molecule has 68 valence electrons. The first-order chi connectivity index (χ1) is 6.29. The van der Waals surface area contributed by atoms with Crippen LogP contribution in [0.1, 0.15) is 11.7 Å². The van der Waals surface area contributed by atoms with Crippen molar-refractivity contribution < 1.29 is 0 Å². The summed E-state index contributed by atoms with van der Waals surface area (Å²) < 4.78 is 0.